The zero-order chi connectivity index (χ0) is 17.1. The maximum Gasteiger partial charge on any atom is 0.266 e. The second-order valence-electron chi connectivity index (χ2n) is 5.68. The Morgan fingerprint density at radius 1 is 1.33 bits per heavy atom. The highest BCUT2D eigenvalue weighted by molar-refractivity contribution is 8.26. The van der Waals surface area contributed by atoms with Crippen LogP contribution in [-0.2, 0) is 9.59 Å². The van der Waals surface area contributed by atoms with Crippen molar-refractivity contribution >= 4 is 52.1 Å². The van der Waals surface area contributed by atoms with Crippen LogP contribution >= 0.6 is 24.0 Å². The predicted octanol–water partition coefficient (Wildman–Crippen LogP) is 1.61. The molecule has 2 fully saturated rings. The van der Waals surface area contributed by atoms with Gasteiger partial charge in [0, 0.05) is 44.2 Å². The van der Waals surface area contributed by atoms with Crippen LogP contribution < -0.4 is 10.0 Å². The lowest BCUT2D eigenvalue weighted by Crippen LogP contribution is -2.33. The molecule has 2 saturated heterocycles. The molecular formula is C16H17N2O4S2-. The number of hydrogen-bond donors (Lipinski definition) is 0. The number of piperidine rings is 1. The molecule has 1 aromatic rings. The summed E-state index contributed by atoms with van der Waals surface area (Å²) < 4.78 is 6.18. The Morgan fingerprint density at radius 2 is 2.08 bits per heavy atom. The number of anilines is 1. The molecule has 0 atom stereocenters. The van der Waals surface area contributed by atoms with Crippen molar-refractivity contribution in [3.8, 4) is 0 Å². The third-order valence-corrected chi connectivity index (χ3v) is 5.34. The van der Waals surface area contributed by atoms with Crippen LogP contribution in [0.25, 0.3) is 6.08 Å². The maximum absolute atomic E-state index is 12.3. The van der Waals surface area contributed by atoms with Crippen molar-refractivity contribution in [1.29, 1.82) is 0 Å². The molecule has 0 radical (unpaired) electrons. The van der Waals surface area contributed by atoms with Crippen molar-refractivity contribution in [2.24, 2.45) is 0 Å². The van der Waals surface area contributed by atoms with Crippen molar-refractivity contribution in [1.82, 2.24) is 4.90 Å². The first kappa shape index (κ1) is 17.0. The van der Waals surface area contributed by atoms with Gasteiger partial charge in [-0.3, -0.25) is 9.69 Å². The quantitative estimate of drug-likeness (QED) is 0.579. The fourth-order valence-corrected chi connectivity index (χ4v) is 4.02. The topological polar surface area (TPSA) is 76.8 Å². The molecule has 6 nitrogen and oxygen atoms in total. The highest BCUT2D eigenvalue weighted by Gasteiger charge is 2.32. The monoisotopic (exact) mass is 365 g/mol. The summed E-state index contributed by atoms with van der Waals surface area (Å²) in [5.41, 5.74) is 0. The molecule has 0 spiro atoms. The molecule has 1 aromatic heterocycles. The fourth-order valence-electron chi connectivity index (χ4n) is 2.73. The number of carboxylic acids is 1. The van der Waals surface area contributed by atoms with Gasteiger partial charge in [0.15, 0.2) is 5.88 Å². The summed E-state index contributed by atoms with van der Waals surface area (Å²) >= 11 is 6.30. The molecule has 0 unspecified atom stereocenters. The number of carboxylic acid groups (broad SMARTS) is 1. The number of carbonyl (C=O) groups excluding carboxylic acids is 2. The average molecular weight is 365 g/mol. The van der Waals surface area contributed by atoms with Gasteiger partial charge in [-0.1, -0.05) is 24.0 Å². The van der Waals surface area contributed by atoms with Crippen molar-refractivity contribution in [3.05, 3.63) is 22.8 Å². The third kappa shape index (κ3) is 3.81. The Morgan fingerprint density at radius 3 is 2.79 bits per heavy atom. The van der Waals surface area contributed by atoms with E-state index in [2.05, 4.69) is 4.90 Å². The van der Waals surface area contributed by atoms with E-state index in [0.29, 0.717) is 15.0 Å². The number of thioether (sulfide) groups is 1. The van der Waals surface area contributed by atoms with Gasteiger partial charge in [0.05, 0.1) is 4.91 Å². The van der Waals surface area contributed by atoms with E-state index in [9.17, 15) is 14.7 Å². The third-order valence-electron chi connectivity index (χ3n) is 3.97. The lowest BCUT2D eigenvalue weighted by atomic mass is 10.1. The van der Waals surface area contributed by atoms with E-state index in [-0.39, 0.29) is 18.9 Å². The number of nitrogens with zero attached hydrogens (tertiary/aromatic N) is 2. The zero-order valence-electron chi connectivity index (χ0n) is 13.0. The predicted molar refractivity (Wildman–Crippen MR) is 94.3 cm³/mol. The molecule has 0 saturated carbocycles. The number of hydrogen-bond acceptors (Lipinski definition) is 7. The first-order valence-electron chi connectivity index (χ1n) is 7.84. The molecule has 8 heteroatoms. The minimum Gasteiger partial charge on any atom is -0.550 e. The second-order valence-corrected chi connectivity index (χ2v) is 7.35. The summed E-state index contributed by atoms with van der Waals surface area (Å²) in [5.74, 6) is -0.0863. The smallest absolute Gasteiger partial charge is 0.266 e. The van der Waals surface area contributed by atoms with Gasteiger partial charge in [0.25, 0.3) is 5.91 Å². The van der Waals surface area contributed by atoms with Crippen molar-refractivity contribution in [2.45, 2.75) is 25.7 Å². The summed E-state index contributed by atoms with van der Waals surface area (Å²) in [6.07, 6.45) is 4.99. The van der Waals surface area contributed by atoms with Gasteiger partial charge < -0.3 is 19.2 Å². The van der Waals surface area contributed by atoms with Crippen molar-refractivity contribution in [2.75, 3.05) is 24.5 Å². The van der Waals surface area contributed by atoms with Crippen LogP contribution in [0.2, 0.25) is 0 Å². The first-order chi connectivity index (χ1) is 11.5. The molecule has 2 aliphatic heterocycles. The van der Waals surface area contributed by atoms with Crippen LogP contribution in [0.4, 0.5) is 5.88 Å². The molecule has 0 bridgehead atoms. The van der Waals surface area contributed by atoms with E-state index in [1.165, 1.54) is 11.3 Å². The van der Waals surface area contributed by atoms with Gasteiger partial charge in [-0.05, 0) is 25.3 Å². The SMILES string of the molecule is O=C([O-])CCN1C(=O)/C(=C\c2ccc(N3CCCCC3)o2)SC1=S. The second kappa shape index (κ2) is 7.40. The Hall–Kier alpha value is -1.80. The Kier molecular flexibility index (Phi) is 5.25. The van der Waals surface area contributed by atoms with E-state index >= 15 is 0 Å². The van der Waals surface area contributed by atoms with E-state index in [1.807, 2.05) is 12.1 Å². The molecule has 24 heavy (non-hydrogen) atoms. The summed E-state index contributed by atoms with van der Waals surface area (Å²) in [4.78, 5) is 26.8. The van der Waals surface area contributed by atoms with Crippen LogP contribution in [0.1, 0.15) is 31.4 Å². The minimum absolute atomic E-state index is 0.0293. The molecule has 0 aromatic carbocycles. The Bertz CT molecular complexity index is 692. The standard InChI is InChI=1S/C16H18N2O4S2/c19-14(20)6-9-18-15(21)12(24-16(18)23)10-11-4-5-13(22-11)17-7-2-1-3-8-17/h4-5,10H,1-3,6-9H2,(H,19,20)/p-1/b12-10+. The molecule has 2 aliphatic rings. The zero-order valence-corrected chi connectivity index (χ0v) is 14.7. The van der Waals surface area contributed by atoms with Crippen LogP contribution in [0.5, 0.6) is 0 Å². The van der Waals surface area contributed by atoms with Gasteiger partial charge in [-0.2, -0.15) is 0 Å². The molecule has 3 heterocycles. The van der Waals surface area contributed by atoms with Crippen LogP contribution in [0, 0.1) is 0 Å². The fraction of sp³-hybridized carbons (Fsp3) is 0.438. The lowest BCUT2D eigenvalue weighted by molar-refractivity contribution is -0.305. The van der Waals surface area contributed by atoms with Gasteiger partial charge in [0.2, 0.25) is 0 Å². The first-order valence-corrected chi connectivity index (χ1v) is 9.07. The Balaban J connectivity index is 1.70. The molecule has 3 rings (SSSR count). The van der Waals surface area contributed by atoms with E-state index in [1.54, 1.807) is 6.08 Å². The van der Waals surface area contributed by atoms with Crippen LogP contribution in [0.3, 0.4) is 0 Å². The van der Waals surface area contributed by atoms with Gasteiger partial charge in [-0.15, -0.1) is 0 Å². The molecule has 0 N–H and O–H groups in total. The van der Waals surface area contributed by atoms with E-state index in [4.69, 9.17) is 16.6 Å². The van der Waals surface area contributed by atoms with Gasteiger partial charge in [-0.25, -0.2) is 0 Å². The number of furan rings is 1. The normalized spacial score (nSPS) is 20.2. The van der Waals surface area contributed by atoms with Crippen LogP contribution in [-0.4, -0.2) is 40.7 Å². The van der Waals surface area contributed by atoms with E-state index < -0.39 is 5.97 Å². The molecule has 128 valence electrons. The minimum atomic E-state index is -1.20. The number of thiocarbonyl (C=S) groups is 1. The van der Waals surface area contributed by atoms with Gasteiger partial charge in [0.1, 0.15) is 10.1 Å². The largest absolute Gasteiger partial charge is 0.550 e. The summed E-state index contributed by atoms with van der Waals surface area (Å²) in [5, 5.41) is 10.6. The summed E-state index contributed by atoms with van der Waals surface area (Å²) in [6.45, 7) is 2.00. The summed E-state index contributed by atoms with van der Waals surface area (Å²) in [7, 11) is 0. The lowest BCUT2D eigenvalue weighted by Gasteiger charge is -2.25. The highest BCUT2D eigenvalue weighted by Crippen LogP contribution is 2.33. The number of rotatable bonds is 5. The average Bonchev–Trinajstić information content (AvgIpc) is 3.13. The van der Waals surface area contributed by atoms with Crippen LogP contribution in [0.15, 0.2) is 21.5 Å². The maximum atomic E-state index is 12.3. The number of amides is 1. The summed E-state index contributed by atoms with van der Waals surface area (Å²) in [6, 6.07) is 3.74. The molecule has 1 amide bonds. The number of carbonyl (C=O) groups is 2. The number of aliphatic carboxylic acids is 1. The van der Waals surface area contributed by atoms with Crippen molar-refractivity contribution < 1.29 is 19.1 Å². The van der Waals surface area contributed by atoms with E-state index in [0.717, 1.165) is 43.6 Å². The molecular weight excluding hydrogens is 348 g/mol. The Labute approximate surface area is 149 Å². The van der Waals surface area contributed by atoms with Gasteiger partial charge >= 0.3 is 0 Å². The van der Waals surface area contributed by atoms with Crippen molar-refractivity contribution in [3.63, 3.8) is 0 Å². The highest BCUT2D eigenvalue weighted by atomic mass is 32.2. The molecule has 0 aliphatic carbocycles.